The number of hydrogen-bond donors (Lipinski definition) is 1. The highest BCUT2D eigenvalue weighted by molar-refractivity contribution is 7.10. The lowest BCUT2D eigenvalue weighted by atomic mass is 10.1. The lowest BCUT2D eigenvalue weighted by molar-refractivity contribution is -0.131. The number of amides is 1. The van der Waals surface area contributed by atoms with Crippen molar-refractivity contribution in [2.75, 3.05) is 13.1 Å². The first kappa shape index (κ1) is 14.2. The van der Waals surface area contributed by atoms with Gasteiger partial charge in [-0.2, -0.15) is 0 Å². The monoisotopic (exact) mass is 301 g/mol. The van der Waals surface area contributed by atoms with Crippen LogP contribution in [0.2, 0.25) is 0 Å². The van der Waals surface area contributed by atoms with Gasteiger partial charge in [-0.15, -0.1) is 11.3 Å². The van der Waals surface area contributed by atoms with Crippen LogP contribution in [0.3, 0.4) is 0 Å². The third kappa shape index (κ3) is 3.31. The van der Waals surface area contributed by atoms with Crippen LogP contribution in [0.4, 0.5) is 0 Å². The van der Waals surface area contributed by atoms with Crippen LogP contribution in [0.25, 0.3) is 0 Å². The van der Waals surface area contributed by atoms with Crippen molar-refractivity contribution in [1.29, 1.82) is 0 Å². The van der Waals surface area contributed by atoms with Crippen LogP contribution < -0.4 is 5.32 Å². The first-order valence-electron chi connectivity index (χ1n) is 7.18. The summed E-state index contributed by atoms with van der Waals surface area (Å²) in [5.74, 6) is 0.167. The molecule has 0 atom stereocenters. The van der Waals surface area contributed by atoms with E-state index < -0.39 is 0 Å². The first-order valence-corrected chi connectivity index (χ1v) is 8.06. The van der Waals surface area contributed by atoms with E-state index in [2.05, 4.69) is 21.7 Å². The van der Waals surface area contributed by atoms with Gasteiger partial charge in [0.2, 0.25) is 5.91 Å². The van der Waals surface area contributed by atoms with Crippen molar-refractivity contribution in [2.24, 2.45) is 0 Å². The molecule has 0 spiro atoms. The maximum atomic E-state index is 12.3. The van der Waals surface area contributed by atoms with E-state index in [0.29, 0.717) is 13.1 Å². The van der Waals surface area contributed by atoms with E-state index in [1.165, 1.54) is 10.4 Å². The van der Waals surface area contributed by atoms with Gasteiger partial charge in [-0.3, -0.25) is 9.78 Å². The van der Waals surface area contributed by atoms with E-state index in [4.69, 9.17) is 0 Å². The summed E-state index contributed by atoms with van der Waals surface area (Å²) in [6.45, 7) is 4.62. The van der Waals surface area contributed by atoms with Gasteiger partial charge in [-0.05, 0) is 42.0 Å². The van der Waals surface area contributed by atoms with Gasteiger partial charge in [-0.1, -0.05) is 6.07 Å². The average molecular weight is 301 g/mol. The Bertz CT molecular complexity index is 638. The number of thiophene rings is 1. The highest BCUT2D eigenvalue weighted by atomic mass is 32.1. The summed E-state index contributed by atoms with van der Waals surface area (Å²) >= 11 is 1.79. The number of carbonyl (C=O) groups excluding carboxylic acids is 1. The zero-order valence-corrected chi connectivity index (χ0v) is 12.9. The highest BCUT2D eigenvalue weighted by Crippen LogP contribution is 2.23. The topological polar surface area (TPSA) is 45.2 Å². The Morgan fingerprint density at radius 1 is 1.48 bits per heavy atom. The Morgan fingerprint density at radius 3 is 3.24 bits per heavy atom. The van der Waals surface area contributed by atoms with Crippen LogP contribution in [-0.2, 0) is 24.3 Å². The average Bonchev–Trinajstić information content (AvgIpc) is 2.96. The van der Waals surface area contributed by atoms with Gasteiger partial charge in [0.1, 0.15) is 0 Å². The molecule has 3 heterocycles. The molecule has 2 aromatic heterocycles. The number of hydrogen-bond acceptors (Lipinski definition) is 4. The quantitative estimate of drug-likeness (QED) is 0.941. The number of nitrogens with zero attached hydrogens (tertiary/aromatic N) is 2. The van der Waals surface area contributed by atoms with Gasteiger partial charge in [-0.25, -0.2) is 0 Å². The molecular weight excluding hydrogens is 282 g/mol. The summed E-state index contributed by atoms with van der Waals surface area (Å²) in [5, 5.41) is 5.32. The molecule has 1 aliphatic rings. The zero-order chi connectivity index (χ0) is 14.7. The Labute approximate surface area is 128 Å². The summed E-state index contributed by atoms with van der Waals surface area (Å²) in [6, 6.07) is 6.09. The third-order valence-corrected chi connectivity index (χ3v) is 4.87. The van der Waals surface area contributed by atoms with Crippen LogP contribution in [0.5, 0.6) is 0 Å². The smallest absolute Gasteiger partial charge is 0.236 e. The largest absolute Gasteiger partial charge is 0.337 e. The fourth-order valence-electron chi connectivity index (χ4n) is 2.56. The molecule has 5 heteroatoms. The van der Waals surface area contributed by atoms with Crippen molar-refractivity contribution in [3.63, 3.8) is 0 Å². The minimum absolute atomic E-state index is 0.167. The molecular formula is C16H19N3OS. The second kappa shape index (κ2) is 6.37. The maximum Gasteiger partial charge on any atom is 0.236 e. The molecule has 0 radical (unpaired) electrons. The van der Waals surface area contributed by atoms with E-state index in [9.17, 15) is 4.79 Å². The molecule has 1 N–H and O–H groups in total. The molecule has 4 nitrogen and oxygen atoms in total. The molecule has 0 bridgehead atoms. The van der Waals surface area contributed by atoms with E-state index in [1.807, 2.05) is 24.0 Å². The van der Waals surface area contributed by atoms with Crippen molar-refractivity contribution < 1.29 is 4.79 Å². The predicted octanol–water partition coefficient (Wildman–Crippen LogP) is 2.13. The lowest BCUT2D eigenvalue weighted by Gasteiger charge is -2.27. The molecule has 110 valence electrons. The highest BCUT2D eigenvalue weighted by Gasteiger charge is 2.20. The first-order chi connectivity index (χ1) is 10.2. The molecule has 0 saturated carbocycles. The molecule has 0 aromatic carbocycles. The fraction of sp³-hybridized carbons (Fsp3) is 0.375. The summed E-state index contributed by atoms with van der Waals surface area (Å²) in [7, 11) is 0. The molecule has 0 fully saturated rings. The van der Waals surface area contributed by atoms with Crippen LogP contribution in [0.15, 0.2) is 29.8 Å². The minimum atomic E-state index is 0.167. The summed E-state index contributed by atoms with van der Waals surface area (Å²) in [4.78, 5) is 19.9. The summed E-state index contributed by atoms with van der Waals surface area (Å²) < 4.78 is 0. The summed E-state index contributed by atoms with van der Waals surface area (Å²) in [6.07, 6.45) is 2.77. The second-order valence-electron chi connectivity index (χ2n) is 5.30. The minimum Gasteiger partial charge on any atom is -0.337 e. The zero-order valence-electron chi connectivity index (χ0n) is 12.1. The van der Waals surface area contributed by atoms with Crippen molar-refractivity contribution in [1.82, 2.24) is 15.2 Å². The summed E-state index contributed by atoms with van der Waals surface area (Å²) in [5.41, 5.74) is 3.46. The van der Waals surface area contributed by atoms with E-state index in [0.717, 1.165) is 30.8 Å². The number of carbonyl (C=O) groups is 1. The molecule has 3 rings (SSSR count). The van der Waals surface area contributed by atoms with Gasteiger partial charge >= 0.3 is 0 Å². The molecule has 0 aliphatic carbocycles. The number of pyridine rings is 1. The van der Waals surface area contributed by atoms with Crippen molar-refractivity contribution in [3.8, 4) is 0 Å². The van der Waals surface area contributed by atoms with E-state index in [1.54, 1.807) is 17.5 Å². The molecule has 1 amide bonds. The Balaban J connectivity index is 1.50. The predicted molar refractivity (Wildman–Crippen MR) is 84.1 cm³/mol. The number of aromatic nitrogens is 1. The third-order valence-electron chi connectivity index (χ3n) is 3.85. The number of aryl methyl sites for hydroxylation is 1. The van der Waals surface area contributed by atoms with Crippen LogP contribution >= 0.6 is 11.3 Å². The molecule has 1 aliphatic heterocycles. The molecule has 0 saturated heterocycles. The second-order valence-corrected chi connectivity index (χ2v) is 6.31. The maximum absolute atomic E-state index is 12.3. The van der Waals surface area contributed by atoms with Gasteiger partial charge in [0.15, 0.2) is 0 Å². The standard InChI is InChI=1S/C16H19N3OS/c1-12-3-2-6-18-14(12)9-17-10-16(20)19-7-4-15-13(11-19)5-8-21-15/h2-3,5-6,8,17H,4,7,9-11H2,1H3. The van der Waals surface area contributed by atoms with Gasteiger partial charge in [0, 0.05) is 30.7 Å². The van der Waals surface area contributed by atoms with Crippen molar-refractivity contribution in [3.05, 3.63) is 51.5 Å². The van der Waals surface area contributed by atoms with Crippen LogP contribution in [-0.4, -0.2) is 28.9 Å². The number of fused-ring (bicyclic) bond motifs is 1. The fourth-order valence-corrected chi connectivity index (χ4v) is 3.45. The Kier molecular flexibility index (Phi) is 4.31. The lowest BCUT2D eigenvalue weighted by Crippen LogP contribution is -2.40. The van der Waals surface area contributed by atoms with Crippen LogP contribution in [0.1, 0.15) is 21.7 Å². The van der Waals surface area contributed by atoms with Crippen LogP contribution in [0, 0.1) is 6.92 Å². The Morgan fingerprint density at radius 2 is 2.38 bits per heavy atom. The van der Waals surface area contributed by atoms with Gasteiger partial charge < -0.3 is 10.2 Å². The number of rotatable bonds is 4. The SMILES string of the molecule is Cc1cccnc1CNCC(=O)N1CCc2sccc2C1. The van der Waals surface area contributed by atoms with Gasteiger partial charge in [0.25, 0.3) is 0 Å². The van der Waals surface area contributed by atoms with Gasteiger partial charge in [0.05, 0.1) is 12.2 Å². The normalized spacial score (nSPS) is 14.0. The molecule has 21 heavy (non-hydrogen) atoms. The Hall–Kier alpha value is -1.72. The molecule has 0 unspecified atom stereocenters. The molecule has 2 aromatic rings. The van der Waals surface area contributed by atoms with E-state index >= 15 is 0 Å². The van der Waals surface area contributed by atoms with E-state index in [-0.39, 0.29) is 5.91 Å². The van der Waals surface area contributed by atoms with Crippen molar-refractivity contribution >= 4 is 17.2 Å². The number of nitrogens with one attached hydrogen (secondary N) is 1. The van der Waals surface area contributed by atoms with Crippen molar-refractivity contribution in [2.45, 2.75) is 26.4 Å².